The summed E-state index contributed by atoms with van der Waals surface area (Å²) in [5, 5.41) is 9.18. The van der Waals surface area contributed by atoms with E-state index < -0.39 is 0 Å². The molecule has 5 nitrogen and oxygen atoms in total. The van der Waals surface area contributed by atoms with Crippen LogP contribution in [0.1, 0.15) is 22.8 Å². The molecular formula is C14H20N2O3. The topological polar surface area (TPSA) is 75.8 Å². The van der Waals surface area contributed by atoms with Crippen LogP contribution in [0.4, 0.5) is 5.69 Å². The van der Waals surface area contributed by atoms with Crippen molar-refractivity contribution in [2.45, 2.75) is 26.1 Å². The fraction of sp³-hybridized carbons (Fsp3) is 0.500. The SMILES string of the molecule is Cc1cc(N)cc(C(=O)N2CC(C)OC(CO)C2)c1. The summed E-state index contributed by atoms with van der Waals surface area (Å²) in [6, 6.07) is 5.34. The monoisotopic (exact) mass is 264 g/mol. The third kappa shape index (κ3) is 3.24. The molecule has 19 heavy (non-hydrogen) atoms. The van der Waals surface area contributed by atoms with Crippen molar-refractivity contribution >= 4 is 11.6 Å². The van der Waals surface area contributed by atoms with Crippen molar-refractivity contribution in [2.75, 3.05) is 25.4 Å². The Balaban J connectivity index is 2.18. The van der Waals surface area contributed by atoms with E-state index in [0.717, 1.165) is 5.56 Å². The van der Waals surface area contributed by atoms with Crippen LogP contribution in [0, 0.1) is 6.92 Å². The molecule has 0 radical (unpaired) electrons. The molecule has 3 N–H and O–H groups in total. The number of aryl methyl sites for hydroxylation is 1. The van der Waals surface area contributed by atoms with Crippen LogP contribution in [0.15, 0.2) is 18.2 Å². The molecule has 1 saturated heterocycles. The molecule has 0 aromatic heterocycles. The number of nitrogens with two attached hydrogens (primary N) is 1. The Kier molecular flexibility index (Phi) is 4.07. The van der Waals surface area contributed by atoms with Gasteiger partial charge in [-0.05, 0) is 37.6 Å². The fourth-order valence-electron chi connectivity index (χ4n) is 2.43. The summed E-state index contributed by atoms with van der Waals surface area (Å²) in [6.07, 6.45) is -0.383. The van der Waals surface area contributed by atoms with Gasteiger partial charge in [-0.25, -0.2) is 0 Å². The number of nitrogens with zero attached hydrogens (tertiary/aromatic N) is 1. The molecule has 1 amide bonds. The van der Waals surface area contributed by atoms with Crippen LogP contribution in [0.2, 0.25) is 0 Å². The lowest BCUT2D eigenvalue weighted by molar-refractivity contribution is -0.0858. The molecule has 1 aliphatic rings. The molecule has 1 aliphatic heterocycles. The Bertz CT molecular complexity index is 456. The first kappa shape index (κ1) is 13.8. The van der Waals surface area contributed by atoms with Gasteiger partial charge in [-0.3, -0.25) is 4.79 Å². The number of aliphatic hydroxyl groups excluding tert-OH is 1. The van der Waals surface area contributed by atoms with Gasteiger partial charge in [0.1, 0.15) is 0 Å². The highest BCUT2D eigenvalue weighted by molar-refractivity contribution is 5.95. The van der Waals surface area contributed by atoms with E-state index in [0.29, 0.717) is 24.3 Å². The van der Waals surface area contributed by atoms with Crippen molar-refractivity contribution < 1.29 is 14.6 Å². The molecule has 5 heteroatoms. The summed E-state index contributed by atoms with van der Waals surface area (Å²) in [5.74, 6) is -0.0657. The van der Waals surface area contributed by atoms with Crippen LogP contribution in [-0.4, -0.2) is 47.8 Å². The normalized spacial score (nSPS) is 23.4. The number of rotatable bonds is 2. The van der Waals surface area contributed by atoms with Crippen LogP contribution in [0.25, 0.3) is 0 Å². The van der Waals surface area contributed by atoms with Crippen molar-refractivity contribution in [3.8, 4) is 0 Å². The Labute approximate surface area is 113 Å². The summed E-state index contributed by atoms with van der Waals surface area (Å²) in [5.41, 5.74) is 7.91. The van der Waals surface area contributed by atoms with Crippen LogP contribution in [-0.2, 0) is 4.74 Å². The van der Waals surface area contributed by atoms with Gasteiger partial charge in [0.25, 0.3) is 5.91 Å². The highest BCUT2D eigenvalue weighted by Gasteiger charge is 2.28. The summed E-state index contributed by atoms with van der Waals surface area (Å²) in [7, 11) is 0. The molecule has 2 rings (SSSR count). The van der Waals surface area contributed by atoms with Gasteiger partial charge < -0.3 is 20.5 Å². The highest BCUT2D eigenvalue weighted by atomic mass is 16.5. The van der Waals surface area contributed by atoms with E-state index in [1.807, 2.05) is 26.0 Å². The van der Waals surface area contributed by atoms with Gasteiger partial charge in [-0.1, -0.05) is 0 Å². The van der Waals surface area contributed by atoms with Crippen molar-refractivity contribution in [3.05, 3.63) is 29.3 Å². The fourth-order valence-corrected chi connectivity index (χ4v) is 2.43. The minimum absolute atomic E-state index is 0.0657. The summed E-state index contributed by atoms with van der Waals surface area (Å²) < 4.78 is 5.53. The molecule has 104 valence electrons. The number of carbonyl (C=O) groups excluding carboxylic acids is 1. The van der Waals surface area contributed by atoms with Gasteiger partial charge in [0.15, 0.2) is 0 Å². The van der Waals surface area contributed by atoms with Crippen molar-refractivity contribution in [1.82, 2.24) is 4.90 Å². The van der Waals surface area contributed by atoms with Crippen LogP contribution in [0.5, 0.6) is 0 Å². The predicted molar refractivity (Wildman–Crippen MR) is 72.9 cm³/mol. The number of anilines is 1. The number of morpholine rings is 1. The predicted octanol–water partition coefficient (Wildman–Crippen LogP) is 0.799. The highest BCUT2D eigenvalue weighted by Crippen LogP contribution is 2.17. The molecule has 2 atom stereocenters. The average molecular weight is 264 g/mol. The van der Waals surface area contributed by atoms with Gasteiger partial charge in [-0.15, -0.1) is 0 Å². The van der Waals surface area contributed by atoms with Gasteiger partial charge >= 0.3 is 0 Å². The maximum Gasteiger partial charge on any atom is 0.254 e. The molecule has 0 aliphatic carbocycles. The number of hydrogen-bond acceptors (Lipinski definition) is 4. The smallest absolute Gasteiger partial charge is 0.254 e. The number of aliphatic hydroxyl groups is 1. The third-order valence-electron chi connectivity index (χ3n) is 3.16. The second kappa shape index (κ2) is 5.59. The van der Waals surface area contributed by atoms with E-state index >= 15 is 0 Å². The maximum atomic E-state index is 12.4. The largest absolute Gasteiger partial charge is 0.399 e. The first-order chi connectivity index (χ1) is 8.99. The first-order valence-corrected chi connectivity index (χ1v) is 6.42. The zero-order chi connectivity index (χ0) is 14.0. The number of ether oxygens (including phenoxy) is 1. The molecule has 0 bridgehead atoms. The lowest BCUT2D eigenvalue weighted by Crippen LogP contribution is -2.50. The standard InChI is InChI=1S/C14H20N2O3/c1-9-3-11(5-12(15)4-9)14(18)16-6-10(2)19-13(7-16)8-17/h3-5,10,13,17H,6-8,15H2,1-2H3. The second-order valence-corrected chi connectivity index (χ2v) is 5.09. The van der Waals surface area contributed by atoms with Crippen LogP contribution >= 0.6 is 0 Å². The van der Waals surface area contributed by atoms with E-state index in [2.05, 4.69) is 0 Å². The van der Waals surface area contributed by atoms with E-state index in [1.165, 1.54) is 0 Å². The van der Waals surface area contributed by atoms with Crippen molar-refractivity contribution in [3.63, 3.8) is 0 Å². The Morgan fingerprint density at radius 1 is 1.47 bits per heavy atom. The maximum absolute atomic E-state index is 12.4. The van der Waals surface area contributed by atoms with Crippen LogP contribution in [0.3, 0.4) is 0 Å². The van der Waals surface area contributed by atoms with Gasteiger partial charge in [0.05, 0.1) is 18.8 Å². The first-order valence-electron chi connectivity index (χ1n) is 6.42. The van der Waals surface area contributed by atoms with E-state index in [9.17, 15) is 9.90 Å². The van der Waals surface area contributed by atoms with Gasteiger partial charge in [0, 0.05) is 24.3 Å². The van der Waals surface area contributed by atoms with Crippen LogP contribution < -0.4 is 5.73 Å². The minimum atomic E-state index is -0.310. The third-order valence-corrected chi connectivity index (χ3v) is 3.16. The number of nitrogen functional groups attached to an aromatic ring is 1. The molecule has 1 fully saturated rings. The number of carbonyl (C=O) groups is 1. The van der Waals surface area contributed by atoms with E-state index in [4.69, 9.17) is 10.5 Å². The number of amides is 1. The zero-order valence-corrected chi connectivity index (χ0v) is 11.3. The molecule has 0 spiro atoms. The van der Waals surface area contributed by atoms with Gasteiger partial charge in [-0.2, -0.15) is 0 Å². The lowest BCUT2D eigenvalue weighted by atomic mass is 10.1. The average Bonchev–Trinajstić information content (AvgIpc) is 2.35. The van der Waals surface area contributed by atoms with E-state index in [-0.39, 0.29) is 24.7 Å². The molecule has 2 unspecified atom stereocenters. The molecule has 1 aromatic carbocycles. The van der Waals surface area contributed by atoms with Crippen molar-refractivity contribution in [2.24, 2.45) is 0 Å². The molecular weight excluding hydrogens is 244 g/mol. The molecule has 1 heterocycles. The lowest BCUT2D eigenvalue weighted by Gasteiger charge is -2.36. The Hall–Kier alpha value is -1.59. The minimum Gasteiger partial charge on any atom is -0.399 e. The molecule has 0 saturated carbocycles. The number of benzene rings is 1. The quantitative estimate of drug-likeness (QED) is 0.775. The number of hydrogen-bond donors (Lipinski definition) is 2. The summed E-state index contributed by atoms with van der Waals surface area (Å²) >= 11 is 0. The van der Waals surface area contributed by atoms with Crippen molar-refractivity contribution in [1.29, 1.82) is 0 Å². The zero-order valence-electron chi connectivity index (χ0n) is 11.3. The Morgan fingerprint density at radius 3 is 2.84 bits per heavy atom. The Morgan fingerprint density at radius 2 is 2.21 bits per heavy atom. The summed E-state index contributed by atoms with van der Waals surface area (Å²) in [4.78, 5) is 14.2. The summed E-state index contributed by atoms with van der Waals surface area (Å²) in [6.45, 7) is 4.67. The molecule has 1 aromatic rings. The van der Waals surface area contributed by atoms with E-state index in [1.54, 1.807) is 11.0 Å². The van der Waals surface area contributed by atoms with Gasteiger partial charge in [0.2, 0.25) is 0 Å². The second-order valence-electron chi connectivity index (χ2n) is 5.09.